The van der Waals surface area contributed by atoms with Gasteiger partial charge in [-0.2, -0.15) is 0 Å². The van der Waals surface area contributed by atoms with Gasteiger partial charge in [0.15, 0.2) is 0 Å². The summed E-state index contributed by atoms with van der Waals surface area (Å²) >= 11 is 0. The first-order valence-electron chi connectivity index (χ1n) is 5.81. The molecule has 6 heteroatoms. The normalized spacial score (nSPS) is 9.42. The molecule has 106 valence electrons. The molecule has 0 fully saturated rings. The van der Waals surface area contributed by atoms with Crippen LogP contribution in [-0.4, -0.2) is 44.4 Å². The lowest BCUT2D eigenvalue weighted by molar-refractivity contribution is -0.116. The van der Waals surface area contributed by atoms with E-state index in [0.29, 0.717) is 24.2 Å². The van der Waals surface area contributed by atoms with E-state index in [1.54, 1.807) is 45.4 Å². The molecule has 0 spiro atoms. The molecule has 0 aliphatic carbocycles. The molecule has 0 unspecified atom stereocenters. The van der Waals surface area contributed by atoms with E-state index in [4.69, 9.17) is 0 Å². The molecule has 0 heterocycles. The van der Waals surface area contributed by atoms with Crippen molar-refractivity contribution in [3.8, 4) is 0 Å². The minimum atomic E-state index is -0.125. The topological polar surface area (TPSA) is 61.4 Å². The average Bonchev–Trinajstić information content (AvgIpc) is 2.36. The van der Waals surface area contributed by atoms with Gasteiger partial charge in [0, 0.05) is 27.1 Å². The minimum Gasteiger partial charge on any atom is -0.345 e. The lowest BCUT2D eigenvalue weighted by atomic mass is 10.1. The number of amides is 2. The predicted molar refractivity (Wildman–Crippen MR) is 78.9 cm³/mol. The Balaban J connectivity index is 0.00000324. The fourth-order valence-corrected chi connectivity index (χ4v) is 1.47. The molecular formula is C13H20ClN3O2. The molecule has 0 saturated carbocycles. The van der Waals surface area contributed by atoms with Crippen molar-refractivity contribution >= 4 is 29.9 Å². The van der Waals surface area contributed by atoms with E-state index in [1.807, 2.05) is 0 Å². The van der Waals surface area contributed by atoms with Crippen molar-refractivity contribution in [3.63, 3.8) is 0 Å². The summed E-state index contributed by atoms with van der Waals surface area (Å²) in [6, 6.07) is 7.00. The number of para-hydroxylation sites is 1. The fraction of sp³-hybridized carbons (Fsp3) is 0.385. The number of hydrogen-bond donors (Lipinski definition) is 2. The number of benzene rings is 1. The summed E-state index contributed by atoms with van der Waals surface area (Å²) in [5.74, 6) is -0.233. The molecule has 2 N–H and O–H groups in total. The smallest absolute Gasteiger partial charge is 0.255 e. The third kappa shape index (κ3) is 5.28. The molecule has 1 rings (SSSR count). The van der Waals surface area contributed by atoms with Gasteiger partial charge in [-0.1, -0.05) is 12.1 Å². The van der Waals surface area contributed by atoms with Crippen LogP contribution in [0.1, 0.15) is 16.8 Å². The molecule has 0 saturated heterocycles. The van der Waals surface area contributed by atoms with Gasteiger partial charge in [-0.3, -0.25) is 9.59 Å². The lowest BCUT2D eigenvalue weighted by Crippen LogP contribution is -2.24. The van der Waals surface area contributed by atoms with Crippen LogP contribution in [0, 0.1) is 0 Å². The Morgan fingerprint density at radius 3 is 2.42 bits per heavy atom. The number of anilines is 1. The van der Waals surface area contributed by atoms with Crippen molar-refractivity contribution in [1.82, 2.24) is 10.2 Å². The molecule has 2 amide bonds. The van der Waals surface area contributed by atoms with Crippen LogP contribution >= 0.6 is 12.4 Å². The molecule has 0 radical (unpaired) electrons. The summed E-state index contributed by atoms with van der Waals surface area (Å²) in [5, 5.41) is 5.66. The average molecular weight is 286 g/mol. The number of nitrogens with zero attached hydrogens (tertiary/aromatic N) is 1. The van der Waals surface area contributed by atoms with E-state index in [1.165, 1.54) is 4.90 Å². The van der Waals surface area contributed by atoms with Gasteiger partial charge in [0.25, 0.3) is 5.91 Å². The highest BCUT2D eigenvalue weighted by Gasteiger charge is 2.14. The van der Waals surface area contributed by atoms with Crippen LogP contribution in [0.4, 0.5) is 5.69 Å². The zero-order chi connectivity index (χ0) is 13.5. The molecule has 19 heavy (non-hydrogen) atoms. The molecular weight excluding hydrogens is 266 g/mol. The Kier molecular flexibility index (Phi) is 7.79. The molecule has 1 aromatic rings. The maximum Gasteiger partial charge on any atom is 0.255 e. The summed E-state index contributed by atoms with van der Waals surface area (Å²) in [5.41, 5.74) is 1.05. The molecule has 0 aliphatic heterocycles. The number of rotatable bonds is 5. The second-order valence-corrected chi connectivity index (χ2v) is 4.15. The molecule has 5 nitrogen and oxygen atoms in total. The Morgan fingerprint density at radius 2 is 1.84 bits per heavy atom. The molecule has 0 atom stereocenters. The van der Waals surface area contributed by atoms with Crippen molar-refractivity contribution in [1.29, 1.82) is 0 Å². The Labute approximate surface area is 119 Å². The number of hydrogen-bond acceptors (Lipinski definition) is 3. The van der Waals surface area contributed by atoms with Crippen LogP contribution in [0.5, 0.6) is 0 Å². The molecule has 0 aromatic heterocycles. The first-order valence-corrected chi connectivity index (χ1v) is 5.81. The van der Waals surface area contributed by atoms with Crippen molar-refractivity contribution in [2.24, 2.45) is 0 Å². The largest absolute Gasteiger partial charge is 0.345 e. The first kappa shape index (κ1) is 17.4. The third-order valence-corrected chi connectivity index (χ3v) is 2.44. The van der Waals surface area contributed by atoms with E-state index in [-0.39, 0.29) is 24.2 Å². The maximum absolute atomic E-state index is 11.9. The Morgan fingerprint density at radius 1 is 1.21 bits per heavy atom. The number of nitrogens with one attached hydrogen (secondary N) is 2. The number of halogens is 1. The van der Waals surface area contributed by atoms with Crippen molar-refractivity contribution in [3.05, 3.63) is 29.8 Å². The zero-order valence-electron chi connectivity index (χ0n) is 11.4. The maximum atomic E-state index is 11.9. The molecule has 0 bridgehead atoms. The van der Waals surface area contributed by atoms with Gasteiger partial charge in [-0.15, -0.1) is 12.4 Å². The third-order valence-electron chi connectivity index (χ3n) is 2.44. The summed E-state index contributed by atoms with van der Waals surface area (Å²) < 4.78 is 0. The van der Waals surface area contributed by atoms with Crippen LogP contribution in [0.25, 0.3) is 0 Å². The van der Waals surface area contributed by atoms with E-state index in [9.17, 15) is 9.59 Å². The van der Waals surface area contributed by atoms with E-state index in [0.717, 1.165) is 0 Å². The summed E-state index contributed by atoms with van der Waals surface area (Å²) in [4.78, 5) is 25.0. The quantitative estimate of drug-likeness (QED) is 0.859. The highest BCUT2D eigenvalue weighted by molar-refractivity contribution is 6.03. The van der Waals surface area contributed by atoms with Crippen LogP contribution in [0.3, 0.4) is 0 Å². The van der Waals surface area contributed by atoms with Crippen molar-refractivity contribution in [2.75, 3.05) is 33.0 Å². The van der Waals surface area contributed by atoms with Crippen LogP contribution in [-0.2, 0) is 4.79 Å². The highest BCUT2D eigenvalue weighted by atomic mass is 35.5. The zero-order valence-corrected chi connectivity index (χ0v) is 12.2. The predicted octanol–water partition coefficient (Wildman–Crippen LogP) is 1.36. The van der Waals surface area contributed by atoms with Crippen molar-refractivity contribution in [2.45, 2.75) is 6.42 Å². The standard InChI is InChI=1S/C13H19N3O2.ClH/c1-14-9-8-12(17)15-11-7-5-4-6-10(11)13(18)16(2)3;/h4-7,14H,8-9H2,1-3H3,(H,15,17);1H. The van der Waals surface area contributed by atoms with Crippen LogP contribution in [0.2, 0.25) is 0 Å². The first-order chi connectivity index (χ1) is 8.56. The van der Waals surface area contributed by atoms with E-state index < -0.39 is 0 Å². The van der Waals surface area contributed by atoms with Gasteiger partial charge in [0.05, 0.1) is 11.3 Å². The minimum absolute atomic E-state index is 0. The molecule has 1 aromatic carbocycles. The monoisotopic (exact) mass is 285 g/mol. The lowest BCUT2D eigenvalue weighted by Gasteiger charge is -2.14. The Hall–Kier alpha value is -1.59. The highest BCUT2D eigenvalue weighted by Crippen LogP contribution is 2.16. The second-order valence-electron chi connectivity index (χ2n) is 4.15. The SMILES string of the molecule is CNCCC(=O)Nc1ccccc1C(=O)N(C)C.Cl. The van der Waals surface area contributed by atoms with Gasteiger partial charge in [0.1, 0.15) is 0 Å². The van der Waals surface area contributed by atoms with Crippen LogP contribution < -0.4 is 10.6 Å². The Bertz CT molecular complexity index is 436. The van der Waals surface area contributed by atoms with Crippen molar-refractivity contribution < 1.29 is 9.59 Å². The van der Waals surface area contributed by atoms with E-state index in [2.05, 4.69) is 10.6 Å². The summed E-state index contributed by atoms with van der Waals surface area (Å²) in [6.07, 6.45) is 0.376. The van der Waals surface area contributed by atoms with Gasteiger partial charge in [-0.25, -0.2) is 0 Å². The summed E-state index contributed by atoms with van der Waals surface area (Å²) in [6.45, 7) is 0.607. The van der Waals surface area contributed by atoms with Gasteiger partial charge >= 0.3 is 0 Å². The van der Waals surface area contributed by atoms with Gasteiger partial charge in [-0.05, 0) is 19.2 Å². The van der Waals surface area contributed by atoms with Gasteiger partial charge < -0.3 is 15.5 Å². The van der Waals surface area contributed by atoms with Crippen LogP contribution in [0.15, 0.2) is 24.3 Å². The number of carbonyl (C=O) groups is 2. The van der Waals surface area contributed by atoms with E-state index >= 15 is 0 Å². The fourth-order valence-electron chi connectivity index (χ4n) is 1.47. The summed E-state index contributed by atoms with van der Waals surface area (Å²) in [7, 11) is 5.15. The number of carbonyl (C=O) groups excluding carboxylic acids is 2. The second kappa shape index (κ2) is 8.50. The molecule has 0 aliphatic rings. The van der Waals surface area contributed by atoms with Gasteiger partial charge in [0.2, 0.25) is 5.91 Å².